The molecule has 0 aliphatic heterocycles. The zero-order chi connectivity index (χ0) is 15.6. The van der Waals surface area contributed by atoms with Crippen LogP contribution in [-0.2, 0) is 11.8 Å². The summed E-state index contributed by atoms with van der Waals surface area (Å²) in [4.78, 5) is 9.28. The molecule has 0 saturated carbocycles. The molecule has 0 aliphatic carbocycles. The summed E-state index contributed by atoms with van der Waals surface area (Å²) < 4.78 is 0.811. The Balaban J connectivity index is 2.51. The lowest BCUT2D eigenvalue weighted by Crippen LogP contribution is -2.23. The van der Waals surface area contributed by atoms with Crippen LogP contribution in [0.1, 0.15) is 44.8 Å². The number of rotatable bonds is 4. The summed E-state index contributed by atoms with van der Waals surface area (Å²) in [5.41, 5.74) is 1.88. The summed E-state index contributed by atoms with van der Waals surface area (Å²) >= 11 is 9.81. The predicted octanol–water partition coefficient (Wildman–Crippen LogP) is 5.42. The highest BCUT2D eigenvalue weighted by molar-refractivity contribution is 9.10. The van der Waals surface area contributed by atoms with Crippen LogP contribution >= 0.6 is 27.5 Å². The molecule has 2 nitrogen and oxygen atoms in total. The van der Waals surface area contributed by atoms with Gasteiger partial charge in [0, 0.05) is 5.41 Å². The Morgan fingerprint density at radius 1 is 1.14 bits per heavy atom. The molecule has 0 amide bonds. The van der Waals surface area contributed by atoms with Gasteiger partial charge in [0.25, 0.3) is 0 Å². The minimum Gasteiger partial charge on any atom is -0.236 e. The molecule has 0 radical (unpaired) electrons. The molecule has 2 aromatic rings. The van der Waals surface area contributed by atoms with Crippen LogP contribution in [0.4, 0.5) is 0 Å². The van der Waals surface area contributed by atoms with Crippen LogP contribution in [0.2, 0.25) is 5.15 Å². The highest BCUT2D eigenvalue weighted by Crippen LogP contribution is 2.33. The van der Waals surface area contributed by atoms with Crippen LogP contribution in [0.3, 0.4) is 0 Å². The highest BCUT2D eigenvalue weighted by atomic mass is 79.9. The maximum Gasteiger partial charge on any atom is 0.147 e. The van der Waals surface area contributed by atoms with E-state index in [0.29, 0.717) is 11.1 Å². The molecule has 0 fully saturated rings. The number of benzene rings is 1. The molecule has 1 aromatic carbocycles. The SMILES string of the molecule is CC(C)Cc1nc(C(C)(C)c2ccccc2)nc(Cl)c1Br. The minimum atomic E-state index is -0.280. The second-order valence-corrected chi connectivity index (χ2v) is 7.34. The van der Waals surface area contributed by atoms with E-state index in [0.717, 1.165) is 22.4 Å². The zero-order valence-electron chi connectivity index (χ0n) is 12.8. The van der Waals surface area contributed by atoms with Gasteiger partial charge in [0.1, 0.15) is 11.0 Å². The summed E-state index contributed by atoms with van der Waals surface area (Å²) in [7, 11) is 0. The third-order valence-electron chi connectivity index (χ3n) is 3.54. The largest absolute Gasteiger partial charge is 0.236 e. The molecule has 0 bridgehead atoms. The van der Waals surface area contributed by atoms with Gasteiger partial charge in [-0.2, -0.15) is 0 Å². The molecule has 112 valence electrons. The van der Waals surface area contributed by atoms with E-state index >= 15 is 0 Å². The third kappa shape index (κ3) is 3.64. The van der Waals surface area contributed by atoms with Gasteiger partial charge in [-0.3, -0.25) is 0 Å². The van der Waals surface area contributed by atoms with Crippen LogP contribution in [-0.4, -0.2) is 9.97 Å². The second-order valence-electron chi connectivity index (χ2n) is 6.19. The van der Waals surface area contributed by atoms with Gasteiger partial charge in [-0.1, -0.05) is 55.8 Å². The number of halogens is 2. The number of hydrogen-bond acceptors (Lipinski definition) is 2. The molecule has 0 atom stereocenters. The minimum absolute atomic E-state index is 0.280. The Morgan fingerprint density at radius 2 is 1.76 bits per heavy atom. The lowest BCUT2D eigenvalue weighted by Gasteiger charge is -2.25. The standard InChI is InChI=1S/C17H20BrClN2/c1-11(2)10-13-14(18)15(19)21-16(20-13)17(3,4)12-8-6-5-7-9-12/h5-9,11H,10H2,1-4H3. The molecule has 0 unspecified atom stereocenters. The fourth-order valence-corrected chi connectivity index (χ4v) is 2.78. The van der Waals surface area contributed by atoms with Gasteiger partial charge in [-0.25, -0.2) is 9.97 Å². The van der Waals surface area contributed by atoms with Gasteiger partial charge in [-0.15, -0.1) is 0 Å². The van der Waals surface area contributed by atoms with E-state index in [9.17, 15) is 0 Å². The Hall–Kier alpha value is -0.930. The number of aromatic nitrogens is 2. The number of hydrogen-bond donors (Lipinski definition) is 0. The van der Waals surface area contributed by atoms with Crippen molar-refractivity contribution in [2.75, 3.05) is 0 Å². The van der Waals surface area contributed by atoms with Crippen molar-refractivity contribution in [2.45, 2.75) is 39.5 Å². The Kier molecular flexibility index (Phi) is 5.05. The van der Waals surface area contributed by atoms with E-state index in [1.54, 1.807) is 0 Å². The van der Waals surface area contributed by atoms with E-state index in [4.69, 9.17) is 16.6 Å². The average Bonchev–Trinajstić information content (AvgIpc) is 2.44. The molecule has 0 N–H and O–H groups in total. The summed E-state index contributed by atoms with van der Waals surface area (Å²) in [6, 6.07) is 10.3. The van der Waals surface area contributed by atoms with Crippen molar-refractivity contribution in [3.8, 4) is 0 Å². The van der Waals surface area contributed by atoms with Crippen molar-refractivity contribution in [1.29, 1.82) is 0 Å². The Morgan fingerprint density at radius 3 is 2.33 bits per heavy atom. The van der Waals surface area contributed by atoms with Gasteiger partial charge >= 0.3 is 0 Å². The van der Waals surface area contributed by atoms with Gasteiger partial charge in [-0.05, 0) is 47.7 Å². The van der Waals surface area contributed by atoms with Gasteiger partial charge in [0.05, 0.1) is 10.2 Å². The molecule has 0 saturated heterocycles. The van der Waals surface area contributed by atoms with E-state index in [-0.39, 0.29) is 5.41 Å². The van der Waals surface area contributed by atoms with Crippen molar-refractivity contribution in [2.24, 2.45) is 5.92 Å². The Labute approximate surface area is 140 Å². The van der Waals surface area contributed by atoms with E-state index in [1.165, 1.54) is 5.56 Å². The molecular weight excluding hydrogens is 348 g/mol. The van der Waals surface area contributed by atoms with Crippen molar-refractivity contribution in [3.63, 3.8) is 0 Å². The molecule has 0 spiro atoms. The Bertz CT molecular complexity index is 624. The molecule has 1 heterocycles. The first kappa shape index (κ1) is 16.4. The first-order chi connectivity index (χ1) is 9.82. The molecule has 4 heteroatoms. The fourth-order valence-electron chi connectivity index (χ4n) is 2.25. The maximum absolute atomic E-state index is 6.30. The normalized spacial score (nSPS) is 12.0. The summed E-state index contributed by atoms with van der Waals surface area (Å²) in [6.45, 7) is 8.59. The topological polar surface area (TPSA) is 25.8 Å². The van der Waals surface area contributed by atoms with Gasteiger partial charge in [0.2, 0.25) is 0 Å². The summed E-state index contributed by atoms with van der Waals surface area (Å²) in [6.07, 6.45) is 0.876. The first-order valence-corrected chi connectivity index (χ1v) is 8.27. The van der Waals surface area contributed by atoms with Gasteiger partial charge < -0.3 is 0 Å². The summed E-state index contributed by atoms with van der Waals surface area (Å²) in [5.74, 6) is 1.28. The second kappa shape index (κ2) is 6.45. The lowest BCUT2D eigenvalue weighted by atomic mass is 9.83. The monoisotopic (exact) mass is 366 g/mol. The van der Waals surface area contributed by atoms with Crippen molar-refractivity contribution in [1.82, 2.24) is 9.97 Å². The third-order valence-corrected chi connectivity index (χ3v) is 4.87. The van der Waals surface area contributed by atoms with Crippen LogP contribution in [0, 0.1) is 5.92 Å². The van der Waals surface area contributed by atoms with E-state index < -0.39 is 0 Å². The maximum atomic E-state index is 6.30. The van der Waals surface area contributed by atoms with Crippen LogP contribution in [0.15, 0.2) is 34.8 Å². The average molecular weight is 368 g/mol. The molecule has 1 aromatic heterocycles. The van der Waals surface area contributed by atoms with Crippen molar-refractivity contribution in [3.05, 3.63) is 57.0 Å². The predicted molar refractivity (Wildman–Crippen MR) is 91.9 cm³/mol. The van der Waals surface area contributed by atoms with Crippen LogP contribution in [0.5, 0.6) is 0 Å². The summed E-state index contributed by atoms with van der Waals surface area (Å²) in [5, 5.41) is 0.486. The van der Waals surface area contributed by atoms with Crippen LogP contribution < -0.4 is 0 Å². The molecular formula is C17H20BrClN2. The van der Waals surface area contributed by atoms with Crippen molar-refractivity contribution < 1.29 is 0 Å². The van der Waals surface area contributed by atoms with Crippen LogP contribution in [0.25, 0.3) is 0 Å². The smallest absolute Gasteiger partial charge is 0.147 e. The fraction of sp³-hybridized carbons (Fsp3) is 0.412. The van der Waals surface area contributed by atoms with E-state index in [1.807, 2.05) is 18.2 Å². The highest BCUT2D eigenvalue weighted by Gasteiger charge is 2.28. The van der Waals surface area contributed by atoms with E-state index in [2.05, 4.69) is 60.7 Å². The molecule has 2 rings (SSSR count). The van der Waals surface area contributed by atoms with Gasteiger partial charge in [0.15, 0.2) is 0 Å². The quantitative estimate of drug-likeness (QED) is 0.675. The molecule has 0 aliphatic rings. The van der Waals surface area contributed by atoms with Crippen molar-refractivity contribution >= 4 is 27.5 Å². The zero-order valence-corrected chi connectivity index (χ0v) is 15.2. The first-order valence-electron chi connectivity index (χ1n) is 7.10. The number of nitrogens with zero attached hydrogens (tertiary/aromatic N) is 2. The molecule has 21 heavy (non-hydrogen) atoms. The lowest BCUT2D eigenvalue weighted by molar-refractivity contribution is 0.570.